The van der Waals surface area contributed by atoms with Crippen molar-refractivity contribution in [2.75, 3.05) is 33.2 Å². The molecule has 128 valence electrons. The first-order chi connectivity index (χ1) is 11.8. The van der Waals surface area contributed by atoms with Crippen LogP contribution in [-0.2, 0) is 20.1 Å². The number of piperazine rings is 1. The Labute approximate surface area is 143 Å². The predicted molar refractivity (Wildman–Crippen MR) is 94.5 cm³/mol. The molecule has 24 heavy (non-hydrogen) atoms. The van der Waals surface area contributed by atoms with E-state index in [0.29, 0.717) is 6.54 Å². The standard InChI is InChI=1S/C17H25N7/c1-18-17(19-12-16-21-20-14-22(16)2)24-10-8-23(9-11-24)13-15-6-4-3-5-7-15/h3-7,14H,8-13H2,1-2H3,(H,18,19). The smallest absolute Gasteiger partial charge is 0.194 e. The number of nitrogens with one attached hydrogen (secondary N) is 1. The molecule has 0 spiro atoms. The summed E-state index contributed by atoms with van der Waals surface area (Å²) < 4.78 is 1.91. The molecule has 1 aliphatic rings. The van der Waals surface area contributed by atoms with Gasteiger partial charge in [-0.25, -0.2) is 0 Å². The number of hydrogen-bond donors (Lipinski definition) is 1. The first-order valence-corrected chi connectivity index (χ1v) is 8.31. The molecule has 1 N–H and O–H groups in total. The van der Waals surface area contributed by atoms with Crippen LogP contribution in [0.25, 0.3) is 0 Å². The van der Waals surface area contributed by atoms with Gasteiger partial charge in [0, 0.05) is 46.8 Å². The average Bonchev–Trinajstić information content (AvgIpc) is 3.03. The normalized spacial score (nSPS) is 16.4. The highest BCUT2D eigenvalue weighted by Crippen LogP contribution is 2.08. The molecule has 0 radical (unpaired) electrons. The number of hydrogen-bond acceptors (Lipinski definition) is 4. The van der Waals surface area contributed by atoms with Gasteiger partial charge in [-0.1, -0.05) is 30.3 Å². The minimum Gasteiger partial charge on any atom is -0.349 e. The van der Waals surface area contributed by atoms with Gasteiger partial charge in [0.05, 0.1) is 6.54 Å². The van der Waals surface area contributed by atoms with Gasteiger partial charge in [-0.3, -0.25) is 9.89 Å². The third-order valence-electron chi connectivity index (χ3n) is 4.34. The van der Waals surface area contributed by atoms with Gasteiger partial charge in [-0.05, 0) is 5.56 Å². The van der Waals surface area contributed by atoms with Crippen LogP contribution >= 0.6 is 0 Å². The summed E-state index contributed by atoms with van der Waals surface area (Å²) in [6.07, 6.45) is 1.71. The van der Waals surface area contributed by atoms with Crippen LogP contribution in [0, 0.1) is 0 Å². The zero-order valence-corrected chi connectivity index (χ0v) is 14.4. The predicted octanol–water partition coefficient (Wildman–Crippen LogP) is 0.708. The fourth-order valence-corrected chi connectivity index (χ4v) is 2.92. The number of aromatic nitrogens is 3. The van der Waals surface area contributed by atoms with Crippen molar-refractivity contribution in [2.24, 2.45) is 12.0 Å². The molecule has 1 aromatic carbocycles. The summed E-state index contributed by atoms with van der Waals surface area (Å²) in [5.41, 5.74) is 1.37. The highest BCUT2D eigenvalue weighted by molar-refractivity contribution is 5.79. The van der Waals surface area contributed by atoms with E-state index in [1.165, 1.54) is 5.56 Å². The minimum absolute atomic E-state index is 0.632. The summed E-state index contributed by atoms with van der Waals surface area (Å²) in [4.78, 5) is 9.20. The monoisotopic (exact) mass is 327 g/mol. The third kappa shape index (κ3) is 4.11. The Balaban J connectivity index is 1.48. The van der Waals surface area contributed by atoms with Gasteiger partial charge in [-0.15, -0.1) is 10.2 Å². The van der Waals surface area contributed by atoms with Gasteiger partial charge in [-0.2, -0.15) is 0 Å². The summed E-state index contributed by atoms with van der Waals surface area (Å²) in [6, 6.07) is 10.6. The summed E-state index contributed by atoms with van der Waals surface area (Å²) in [6.45, 7) is 5.68. The summed E-state index contributed by atoms with van der Waals surface area (Å²) in [5, 5.41) is 11.4. The molecule has 0 bridgehead atoms. The van der Waals surface area contributed by atoms with Crippen LogP contribution in [0.2, 0.25) is 0 Å². The molecular formula is C17H25N7. The Morgan fingerprint density at radius 1 is 1.17 bits per heavy atom. The maximum absolute atomic E-state index is 4.41. The highest BCUT2D eigenvalue weighted by atomic mass is 15.4. The summed E-state index contributed by atoms with van der Waals surface area (Å²) in [5.74, 6) is 1.83. The molecule has 1 aliphatic heterocycles. The minimum atomic E-state index is 0.632. The van der Waals surface area contributed by atoms with E-state index < -0.39 is 0 Å². The molecule has 1 fully saturated rings. The van der Waals surface area contributed by atoms with Crippen LogP contribution in [-0.4, -0.2) is 63.8 Å². The van der Waals surface area contributed by atoms with Crippen molar-refractivity contribution in [3.63, 3.8) is 0 Å². The Kier molecular flexibility index (Phi) is 5.43. The molecule has 2 heterocycles. The third-order valence-corrected chi connectivity index (χ3v) is 4.34. The number of rotatable bonds is 4. The van der Waals surface area contributed by atoms with Crippen molar-refractivity contribution in [3.05, 3.63) is 48.0 Å². The Hall–Kier alpha value is -2.41. The second-order valence-corrected chi connectivity index (χ2v) is 6.01. The van der Waals surface area contributed by atoms with E-state index in [-0.39, 0.29) is 0 Å². The van der Waals surface area contributed by atoms with Gasteiger partial charge in [0.2, 0.25) is 0 Å². The Morgan fingerprint density at radius 2 is 1.92 bits per heavy atom. The number of benzene rings is 1. The van der Waals surface area contributed by atoms with Gasteiger partial charge in [0.1, 0.15) is 6.33 Å². The molecule has 0 atom stereocenters. The van der Waals surface area contributed by atoms with Crippen LogP contribution in [0.3, 0.4) is 0 Å². The molecule has 2 aromatic rings. The van der Waals surface area contributed by atoms with Crippen molar-refractivity contribution in [1.29, 1.82) is 0 Å². The Morgan fingerprint density at radius 3 is 2.54 bits per heavy atom. The lowest BCUT2D eigenvalue weighted by molar-refractivity contribution is 0.172. The quantitative estimate of drug-likeness (QED) is 0.662. The number of aryl methyl sites for hydroxylation is 1. The van der Waals surface area contributed by atoms with Crippen LogP contribution in [0.4, 0.5) is 0 Å². The van der Waals surface area contributed by atoms with Gasteiger partial charge < -0.3 is 14.8 Å². The van der Waals surface area contributed by atoms with Crippen LogP contribution in [0.5, 0.6) is 0 Å². The van der Waals surface area contributed by atoms with Gasteiger partial charge in [0.25, 0.3) is 0 Å². The van der Waals surface area contributed by atoms with Crippen molar-refractivity contribution >= 4 is 5.96 Å². The maximum atomic E-state index is 4.41. The summed E-state index contributed by atoms with van der Waals surface area (Å²) in [7, 11) is 3.78. The second-order valence-electron chi connectivity index (χ2n) is 6.01. The van der Waals surface area contributed by atoms with Crippen LogP contribution < -0.4 is 5.32 Å². The summed E-state index contributed by atoms with van der Waals surface area (Å²) >= 11 is 0. The zero-order valence-electron chi connectivity index (χ0n) is 14.4. The molecule has 3 rings (SSSR count). The van der Waals surface area contributed by atoms with E-state index >= 15 is 0 Å². The zero-order chi connectivity index (χ0) is 16.8. The lowest BCUT2D eigenvalue weighted by Gasteiger charge is -2.36. The fraction of sp³-hybridized carbons (Fsp3) is 0.471. The molecule has 7 nitrogen and oxygen atoms in total. The van der Waals surface area contributed by atoms with Crippen LogP contribution in [0.15, 0.2) is 41.7 Å². The average molecular weight is 327 g/mol. The fourth-order valence-electron chi connectivity index (χ4n) is 2.92. The topological polar surface area (TPSA) is 61.6 Å². The maximum Gasteiger partial charge on any atom is 0.194 e. The van der Waals surface area contributed by atoms with Crippen molar-refractivity contribution in [1.82, 2.24) is 29.9 Å². The number of nitrogens with zero attached hydrogens (tertiary/aromatic N) is 6. The van der Waals surface area contributed by atoms with E-state index in [0.717, 1.165) is 44.5 Å². The van der Waals surface area contributed by atoms with E-state index in [1.54, 1.807) is 6.33 Å². The molecule has 0 amide bonds. The first kappa shape index (κ1) is 16.4. The van der Waals surface area contributed by atoms with Gasteiger partial charge in [0.15, 0.2) is 11.8 Å². The van der Waals surface area contributed by atoms with Gasteiger partial charge >= 0.3 is 0 Å². The Bertz CT molecular complexity index is 657. The molecule has 1 aromatic heterocycles. The molecule has 0 aliphatic carbocycles. The largest absolute Gasteiger partial charge is 0.349 e. The SMILES string of the molecule is CN=C(NCc1nncn1C)N1CCN(Cc2ccccc2)CC1. The van der Waals surface area contributed by atoms with Crippen molar-refractivity contribution in [2.45, 2.75) is 13.1 Å². The highest BCUT2D eigenvalue weighted by Gasteiger charge is 2.19. The lowest BCUT2D eigenvalue weighted by Crippen LogP contribution is -2.52. The van der Waals surface area contributed by atoms with Crippen molar-refractivity contribution in [3.8, 4) is 0 Å². The lowest BCUT2D eigenvalue weighted by atomic mass is 10.2. The number of guanidine groups is 1. The van der Waals surface area contributed by atoms with E-state index in [4.69, 9.17) is 0 Å². The number of aliphatic imine (C=N–C) groups is 1. The molecule has 0 saturated carbocycles. The van der Waals surface area contributed by atoms with E-state index in [1.807, 2.05) is 18.7 Å². The molecule has 0 unspecified atom stereocenters. The first-order valence-electron chi connectivity index (χ1n) is 8.31. The molecule has 7 heteroatoms. The second kappa shape index (κ2) is 7.92. The van der Waals surface area contributed by atoms with Crippen molar-refractivity contribution < 1.29 is 0 Å². The van der Waals surface area contributed by atoms with Crippen LogP contribution in [0.1, 0.15) is 11.4 Å². The van der Waals surface area contributed by atoms with E-state index in [2.05, 4.69) is 60.6 Å². The molecular weight excluding hydrogens is 302 g/mol. The molecule has 1 saturated heterocycles. The van der Waals surface area contributed by atoms with E-state index in [9.17, 15) is 0 Å².